The molecule has 3 atom stereocenters. The minimum atomic E-state index is -1.06. The first-order chi connectivity index (χ1) is 9.72. The number of carbonyl (C=O) groups excluding carboxylic acids is 1. The molecule has 3 unspecified atom stereocenters. The molecule has 0 aromatic carbocycles. The predicted molar refractivity (Wildman–Crippen MR) is 72.2 cm³/mol. The fraction of sp³-hybridized carbons (Fsp3) is 0.417. The lowest BCUT2D eigenvalue weighted by atomic mass is 9.95. The molecule has 0 saturated carbocycles. The van der Waals surface area contributed by atoms with Crippen molar-refractivity contribution in [3.8, 4) is 0 Å². The minimum Gasteiger partial charge on any atom is -0.466 e. The molecule has 0 saturated heterocycles. The predicted octanol–water partition coefficient (Wildman–Crippen LogP) is 0.852. The second-order valence-corrected chi connectivity index (χ2v) is 5.33. The number of fused-ring (bicyclic) bond motifs is 1. The van der Waals surface area contributed by atoms with E-state index in [0.717, 1.165) is 4.88 Å². The van der Waals surface area contributed by atoms with Gasteiger partial charge in [0.2, 0.25) is 5.95 Å². The van der Waals surface area contributed by atoms with Crippen LogP contribution in [-0.4, -0.2) is 38.7 Å². The molecule has 3 heterocycles. The van der Waals surface area contributed by atoms with Crippen LogP contribution in [0.25, 0.3) is 0 Å². The summed E-state index contributed by atoms with van der Waals surface area (Å²) in [5.41, 5.74) is 0. The number of aliphatic hydroxyl groups is 1. The second-order valence-electron chi connectivity index (χ2n) is 4.36. The zero-order valence-corrected chi connectivity index (χ0v) is 11.6. The van der Waals surface area contributed by atoms with Crippen molar-refractivity contribution in [1.29, 1.82) is 0 Å². The third-order valence-corrected chi connectivity index (χ3v) is 4.13. The van der Waals surface area contributed by atoms with Gasteiger partial charge in [0.05, 0.1) is 6.61 Å². The topological polar surface area (TPSA) is 89.3 Å². The van der Waals surface area contributed by atoms with Crippen LogP contribution in [0.2, 0.25) is 0 Å². The Morgan fingerprint density at radius 3 is 3.20 bits per heavy atom. The molecule has 0 spiro atoms. The summed E-state index contributed by atoms with van der Waals surface area (Å²) in [6.45, 7) is 2.00. The molecule has 3 rings (SSSR count). The van der Waals surface area contributed by atoms with Gasteiger partial charge in [0, 0.05) is 4.88 Å². The summed E-state index contributed by atoms with van der Waals surface area (Å²) < 4.78 is 6.69. The number of hydrogen-bond donors (Lipinski definition) is 2. The molecule has 20 heavy (non-hydrogen) atoms. The van der Waals surface area contributed by atoms with Gasteiger partial charge in [-0.05, 0) is 18.4 Å². The van der Waals surface area contributed by atoms with E-state index in [-0.39, 0.29) is 6.61 Å². The third-order valence-electron chi connectivity index (χ3n) is 3.19. The number of hydrogen-bond acceptors (Lipinski definition) is 7. The maximum Gasteiger partial charge on any atom is 0.316 e. The van der Waals surface area contributed by atoms with Gasteiger partial charge in [0.25, 0.3) is 0 Å². The number of aromatic nitrogens is 3. The maximum absolute atomic E-state index is 12.2. The fourth-order valence-electron chi connectivity index (χ4n) is 2.36. The van der Waals surface area contributed by atoms with Crippen LogP contribution in [0.4, 0.5) is 5.95 Å². The zero-order chi connectivity index (χ0) is 14.1. The highest BCUT2D eigenvalue weighted by Gasteiger charge is 2.44. The van der Waals surface area contributed by atoms with E-state index in [1.54, 1.807) is 11.6 Å². The Morgan fingerprint density at radius 2 is 2.50 bits per heavy atom. The Labute approximate surface area is 119 Å². The first-order valence-electron chi connectivity index (χ1n) is 6.26. The van der Waals surface area contributed by atoms with Crippen LogP contribution >= 0.6 is 11.3 Å². The standard InChI is InChI=1S/C12H14N4O3S/c1-2-19-11(18)8-9(7-4-3-5-20-7)16-12(13-6-14-16)15-10(8)17/h3-6,8-10,17H,2H2,1H3,(H,13,14,15). The second kappa shape index (κ2) is 5.22. The van der Waals surface area contributed by atoms with E-state index in [2.05, 4.69) is 15.4 Å². The van der Waals surface area contributed by atoms with Crippen LogP contribution < -0.4 is 5.32 Å². The molecule has 2 aromatic heterocycles. The summed E-state index contributed by atoms with van der Waals surface area (Å²) in [4.78, 5) is 17.1. The van der Waals surface area contributed by atoms with E-state index in [4.69, 9.17) is 4.74 Å². The SMILES string of the molecule is CCOC(=O)C1C(O)Nc2ncnn2C1c1cccs1. The summed E-state index contributed by atoms with van der Waals surface area (Å²) in [7, 11) is 0. The van der Waals surface area contributed by atoms with Gasteiger partial charge in [-0.1, -0.05) is 6.07 Å². The summed E-state index contributed by atoms with van der Waals surface area (Å²) >= 11 is 1.50. The van der Waals surface area contributed by atoms with Gasteiger partial charge in [-0.2, -0.15) is 10.1 Å². The molecule has 1 aliphatic rings. The number of ether oxygens (including phenoxy) is 1. The molecule has 106 valence electrons. The zero-order valence-electron chi connectivity index (χ0n) is 10.8. The van der Waals surface area contributed by atoms with Gasteiger partial charge < -0.3 is 15.2 Å². The van der Waals surface area contributed by atoms with Crippen LogP contribution in [0.15, 0.2) is 23.8 Å². The molecule has 8 heteroatoms. The number of rotatable bonds is 3. The number of thiophene rings is 1. The first kappa shape index (κ1) is 13.1. The molecule has 0 amide bonds. The van der Waals surface area contributed by atoms with E-state index >= 15 is 0 Å². The lowest BCUT2D eigenvalue weighted by Crippen LogP contribution is -2.46. The Balaban J connectivity index is 2.05. The van der Waals surface area contributed by atoms with Crippen LogP contribution in [0, 0.1) is 5.92 Å². The lowest BCUT2D eigenvalue weighted by molar-refractivity contribution is -0.153. The molecule has 0 aliphatic carbocycles. The van der Waals surface area contributed by atoms with E-state index in [1.165, 1.54) is 17.7 Å². The molecule has 2 N–H and O–H groups in total. The fourth-order valence-corrected chi connectivity index (χ4v) is 3.21. The van der Waals surface area contributed by atoms with Crippen molar-refractivity contribution in [3.05, 3.63) is 28.7 Å². The highest BCUT2D eigenvalue weighted by Crippen LogP contribution is 2.37. The van der Waals surface area contributed by atoms with Gasteiger partial charge >= 0.3 is 5.97 Å². The number of nitrogens with one attached hydrogen (secondary N) is 1. The highest BCUT2D eigenvalue weighted by molar-refractivity contribution is 7.10. The summed E-state index contributed by atoms with van der Waals surface area (Å²) in [6, 6.07) is 3.39. The van der Waals surface area contributed by atoms with E-state index < -0.39 is 24.2 Å². The van der Waals surface area contributed by atoms with Crippen molar-refractivity contribution >= 4 is 23.3 Å². The number of aliphatic hydroxyl groups excluding tert-OH is 1. The highest BCUT2D eigenvalue weighted by atomic mass is 32.1. The first-order valence-corrected chi connectivity index (χ1v) is 7.14. The van der Waals surface area contributed by atoms with Crippen molar-refractivity contribution < 1.29 is 14.6 Å². The molecule has 0 fully saturated rings. The summed E-state index contributed by atoms with van der Waals surface area (Å²) in [5, 5.41) is 19.1. The van der Waals surface area contributed by atoms with Crippen molar-refractivity contribution in [2.45, 2.75) is 19.2 Å². The molecular weight excluding hydrogens is 280 g/mol. The Kier molecular flexibility index (Phi) is 3.41. The minimum absolute atomic E-state index is 0.267. The van der Waals surface area contributed by atoms with Crippen molar-refractivity contribution in [2.24, 2.45) is 5.92 Å². The summed E-state index contributed by atoms with van der Waals surface area (Å²) in [6.07, 6.45) is 0.335. The maximum atomic E-state index is 12.2. The molecule has 1 aliphatic heterocycles. The molecule has 0 bridgehead atoms. The smallest absolute Gasteiger partial charge is 0.316 e. The van der Waals surface area contributed by atoms with Crippen molar-refractivity contribution in [2.75, 3.05) is 11.9 Å². The Hall–Kier alpha value is -1.93. The normalized spacial score (nSPS) is 24.8. The quantitative estimate of drug-likeness (QED) is 0.816. The van der Waals surface area contributed by atoms with Gasteiger partial charge in [-0.25, -0.2) is 4.68 Å². The van der Waals surface area contributed by atoms with Gasteiger partial charge in [0.1, 0.15) is 24.5 Å². The van der Waals surface area contributed by atoms with Crippen molar-refractivity contribution in [1.82, 2.24) is 14.8 Å². The van der Waals surface area contributed by atoms with E-state index in [9.17, 15) is 9.90 Å². The van der Waals surface area contributed by atoms with Crippen LogP contribution in [-0.2, 0) is 9.53 Å². The van der Waals surface area contributed by atoms with Gasteiger partial charge in [-0.15, -0.1) is 11.3 Å². The van der Waals surface area contributed by atoms with E-state index in [0.29, 0.717) is 5.95 Å². The van der Waals surface area contributed by atoms with E-state index in [1.807, 2.05) is 17.5 Å². The Morgan fingerprint density at radius 1 is 1.65 bits per heavy atom. The molecule has 2 aromatic rings. The average molecular weight is 294 g/mol. The number of anilines is 1. The number of nitrogens with zero attached hydrogens (tertiary/aromatic N) is 3. The molecule has 0 radical (unpaired) electrons. The van der Waals surface area contributed by atoms with Crippen LogP contribution in [0.1, 0.15) is 17.8 Å². The monoisotopic (exact) mass is 294 g/mol. The lowest BCUT2D eigenvalue weighted by Gasteiger charge is -2.34. The average Bonchev–Trinajstić information content (AvgIpc) is 3.07. The van der Waals surface area contributed by atoms with Crippen LogP contribution in [0.3, 0.4) is 0 Å². The molecule has 7 nitrogen and oxygen atoms in total. The number of esters is 1. The number of carbonyl (C=O) groups is 1. The Bertz CT molecular complexity index is 598. The third kappa shape index (κ3) is 2.06. The van der Waals surface area contributed by atoms with Gasteiger partial charge in [-0.3, -0.25) is 4.79 Å². The summed E-state index contributed by atoms with van der Waals surface area (Å²) in [5.74, 6) is -0.772. The van der Waals surface area contributed by atoms with Crippen molar-refractivity contribution in [3.63, 3.8) is 0 Å². The van der Waals surface area contributed by atoms with Crippen LogP contribution in [0.5, 0.6) is 0 Å². The van der Waals surface area contributed by atoms with Gasteiger partial charge in [0.15, 0.2) is 0 Å². The molecular formula is C12H14N4O3S. The largest absolute Gasteiger partial charge is 0.466 e.